The SMILES string of the molecule is COc1cccc(NC(=O)c2ccccc2N2C(=O)[C@H]3[C@@H]4C=C[C@H]([C@H]5C[C@H]45)[C@@H]3C2=O)c1. The third-order valence-corrected chi connectivity index (χ3v) is 7.38. The van der Waals surface area contributed by atoms with E-state index in [1.54, 1.807) is 55.6 Å². The smallest absolute Gasteiger partial charge is 0.257 e. The van der Waals surface area contributed by atoms with Crippen molar-refractivity contribution in [3.8, 4) is 5.75 Å². The number of carbonyl (C=O) groups excluding carboxylic acids is 3. The summed E-state index contributed by atoms with van der Waals surface area (Å²) in [4.78, 5) is 41.3. The topological polar surface area (TPSA) is 75.7 Å². The highest BCUT2D eigenvalue weighted by Gasteiger charge is 2.67. The number of imide groups is 1. The van der Waals surface area contributed by atoms with Gasteiger partial charge >= 0.3 is 0 Å². The van der Waals surface area contributed by atoms with Crippen LogP contribution in [-0.2, 0) is 9.59 Å². The van der Waals surface area contributed by atoms with Gasteiger partial charge in [-0.15, -0.1) is 0 Å². The van der Waals surface area contributed by atoms with E-state index in [0.29, 0.717) is 34.5 Å². The monoisotopic (exact) mass is 414 g/mol. The number of nitrogens with zero attached hydrogens (tertiary/aromatic N) is 1. The van der Waals surface area contributed by atoms with Gasteiger partial charge in [-0.1, -0.05) is 30.4 Å². The van der Waals surface area contributed by atoms with Crippen LogP contribution in [0.3, 0.4) is 0 Å². The molecule has 2 aromatic rings. The highest BCUT2D eigenvalue weighted by atomic mass is 16.5. The largest absolute Gasteiger partial charge is 0.497 e. The number of nitrogens with one attached hydrogen (secondary N) is 1. The lowest BCUT2D eigenvalue weighted by atomic mass is 9.63. The van der Waals surface area contributed by atoms with E-state index >= 15 is 0 Å². The second-order valence-electron chi connectivity index (χ2n) is 8.87. The maximum atomic E-state index is 13.4. The first-order valence-electron chi connectivity index (χ1n) is 10.7. The van der Waals surface area contributed by atoms with Crippen LogP contribution in [0.2, 0.25) is 0 Å². The van der Waals surface area contributed by atoms with E-state index in [9.17, 15) is 14.4 Å². The zero-order valence-electron chi connectivity index (χ0n) is 17.0. The minimum Gasteiger partial charge on any atom is -0.497 e. The zero-order valence-corrected chi connectivity index (χ0v) is 17.0. The fraction of sp³-hybridized carbons (Fsp3) is 0.320. The Bertz CT molecular complexity index is 1120. The van der Waals surface area contributed by atoms with Crippen molar-refractivity contribution in [2.75, 3.05) is 17.3 Å². The van der Waals surface area contributed by atoms with E-state index in [-0.39, 0.29) is 41.4 Å². The van der Waals surface area contributed by atoms with Crippen LogP contribution in [0.4, 0.5) is 11.4 Å². The van der Waals surface area contributed by atoms with Crippen LogP contribution in [0.1, 0.15) is 16.8 Å². The fourth-order valence-corrected chi connectivity index (χ4v) is 5.95. The Morgan fingerprint density at radius 3 is 2.32 bits per heavy atom. The van der Waals surface area contributed by atoms with Gasteiger partial charge in [0.15, 0.2) is 0 Å². The molecular formula is C25H22N2O4. The molecule has 1 aliphatic heterocycles. The fourth-order valence-electron chi connectivity index (χ4n) is 5.95. The van der Waals surface area contributed by atoms with Crippen molar-refractivity contribution in [1.82, 2.24) is 0 Å². The van der Waals surface area contributed by atoms with E-state index in [2.05, 4.69) is 17.5 Å². The summed E-state index contributed by atoms with van der Waals surface area (Å²) in [5.41, 5.74) is 1.24. The first-order chi connectivity index (χ1) is 15.1. The Labute approximate surface area is 179 Å². The quantitative estimate of drug-likeness (QED) is 0.614. The van der Waals surface area contributed by atoms with Crippen LogP contribution in [0.5, 0.6) is 5.75 Å². The van der Waals surface area contributed by atoms with Crippen molar-refractivity contribution in [3.05, 3.63) is 66.2 Å². The van der Waals surface area contributed by atoms with Gasteiger partial charge in [-0.2, -0.15) is 0 Å². The van der Waals surface area contributed by atoms with Gasteiger partial charge in [0.1, 0.15) is 5.75 Å². The number of rotatable bonds is 4. The molecule has 6 heteroatoms. The highest BCUT2D eigenvalue weighted by Crippen LogP contribution is 2.65. The molecule has 5 aliphatic rings. The third-order valence-electron chi connectivity index (χ3n) is 7.38. The van der Waals surface area contributed by atoms with E-state index in [0.717, 1.165) is 6.42 Å². The number of amides is 3. The van der Waals surface area contributed by atoms with Crippen LogP contribution in [-0.4, -0.2) is 24.8 Å². The van der Waals surface area contributed by atoms with Gasteiger partial charge in [0.05, 0.1) is 30.2 Å². The van der Waals surface area contributed by atoms with Crippen LogP contribution < -0.4 is 15.0 Å². The molecule has 2 aromatic carbocycles. The van der Waals surface area contributed by atoms with Gasteiger partial charge in [0.2, 0.25) is 11.8 Å². The summed E-state index contributed by atoms with van der Waals surface area (Å²) in [5, 5.41) is 2.85. The van der Waals surface area contributed by atoms with E-state index in [1.807, 2.05) is 0 Å². The van der Waals surface area contributed by atoms with Gasteiger partial charge in [-0.25, -0.2) is 4.90 Å². The predicted octanol–water partition coefficient (Wildman–Crippen LogP) is 3.51. The molecule has 0 radical (unpaired) electrons. The molecule has 31 heavy (non-hydrogen) atoms. The normalized spacial score (nSPS) is 32.0. The average Bonchev–Trinajstić information content (AvgIpc) is 3.57. The Balaban J connectivity index is 1.33. The molecule has 0 unspecified atom stereocenters. The maximum absolute atomic E-state index is 13.4. The molecule has 1 saturated heterocycles. The minimum atomic E-state index is -0.372. The summed E-state index contributed by atoms with van der Waals surface area (Å²) < 4.78 is 5.21. The van der Waals surface area contributed by atoms with E-state index < -0.39 is 0 Å². The number of ether oxygens (including phenoxy) is 1. The van der Waals surface area contributed by atoms with E-state index in [4.69, 9.17) is 4.74 Å². The zero-order chi connectivity index (χ0) is 21.3. The number of hydrogen-bond donors (Lipinski definition) is 1. The number of allylic oxidation sites excluding steroid dienone is 2. The molecule has 3 fully saturated rings. The molecule has 1 heterocycles. The standard InChI is InChI=1S/C25H22N2O4/c1-31-14-6-4-5-13(11-14)26-23(28)17-7-2-3-8-20(17)27-24(29)21-15-9-10-16(19-12-18(15)19)22(21)25(27)30/h2-11,15-16,18-19,21-22H,12H2,1H3,(H,26,28)/t15-,16-,18-,19-,21+,22+/m1/s1. The molecule has 2 saturated carbocycles. The molecule has 0 spiro atoms. The van der Waals surface area contributed by atoms with Crippen LogP contribution in [0.15, 0.2) is 60.7 Å². The summed E-state index contributed by atoms with van der Waals surface area (Å²) in [7, 11) is 1.56. The number of para-hydroxylation sites is 1. The number of anilines is 2. The van der Waals surface area contributed by atoms with Crippen LogP contribution in [0.25, 0.3) is 0 Å². The van der Waals surface area contributed by atoms with Crippen LogP contribution >= 0.6 is 0 Å². The van der Waals surface area contributed by atoms with Gasteiger partial charge in [0, 0.05) is 11.8 Å². The molecule has 4 aliphatic carbocycles. The Morgan fingerprint density at radius 2 is 1.65 bits per heavy atom. The average molecular weight is 414 g/mol. The van der Waals surface area contributed by atoms with Crippen molar-refractivity contribution >= 4 is 29.1 Å². The Morgan fingerprint density at radius 1 is 0.968 bits per heavy atom. The summed E-state index contributed by atoms with van der Waals surface area (Å²) in [6, 6.07) is 13.9. The summed E-state index contributed by atoms with van der Waals surface area (Å²) in [6.45, 7) is 0. The maximum Gasteiger partial charge on any atom is 0.257 e. The van der Waals surface area contributed by atoms with E-state index in [1.165, 1.54) is 4.90 Å². The number of hydrogen-bond acceptors (Lipinski definition) is 4. The molecule has 7 rings (SSSR count). The Kier molecular flexibility index (Phi) is 3.88. The van der Waals surface area contributed by atoms with Gasteiger partial charge in [-0.3, -0.25) is 14.4 Å². The number of carbonyl (C=O) groups is 3. The number of methoxy groups -OCH3 is 1. The molecule has 6 atom stereocenters. The highest BCUT2D eigenvalue weighted by molar-refractivity contribution is 6.25. The second kappa shape index (κ2) is 6.54. The lowest BCUT2D eigenvalue weighted by Crippen LogP contribution is -2.40. The molecule has 6 nitrogen and oxygen atoms in total. The van der Waals surface area contributed by atoms with Crippen molar-refractivity contribution < 1.29 is 19.1 Å². The first-order valence-corrected chi connectivity index (χ1v) is 10.7. The van der Waals surface area contributed by atoms with Crippen molar-refractivity contribution in [1.29, 1.82) is 0 Å². The summed E-state index contributed by atoms with van der Waals surface area (Å²) in [6.07, 6.45) is 5.42. The molecule has 1 N–H and O–H groups in total. The third kappa shape index (κ3) is 2.60. The van der Waals surface area contributed by atoms with Crippen molar-refractivity contribution in [2.24, 2.45) is 35.5 Å². The lowest BCUT2D eigenvalue weighted by molar-refractivity contribution is -0.124. The van der Waals surface area contributed by atoms with Crippen molar-refractivity contribution in [3.63, 3.8) is 0 Å². The van der Waals surface area contributed by atoms with Crippen LogP contribution in [0, 0.1) is 35.5 Å². The lowest BCUT2D eigenvalue weighted by Gasteiger charge is -2.37. The second-order valence-corrected chi connectivity index (χ2v) is 8.87. The summed E-state index contributed by atoms with van der Waals surface area (Å²) >= 11 is 0. The van der Waals surface area contributed by atoms with Crippen molar-refractivity contribution in [2.45, 2.75) is 6.42 Å². The van der Waals surface area contributed by atoms with Gasteiger partial charge in [0.25, 0.3) is 5.91 Å². The van der Waals surface area contributed by atoms with Gasteiger partial charge < -0.3 is 10.1 Å². The Hall–Kier alpha value is -3.41. The minimum absolute atomic E-state index is 0.152. The molecule has 2 bridgehead atoms. The molecular weight excluding hydrogens is 392 g/mol. The number of benzene rings is 2. The molecule has 156 valence electrons. The van der Waals surface area contributed by atoms with Gasteiger partial charge in [-0.05, 0) is 54.4 Å². The predicted molar refractivity (Wildman–Crippen MR) is 115 cm³/mol. The summed E-state index contributed by atoms with van der Waals surface area (Å²) in [5.74, 6) is 0.728. The first kappa shape index (κ1) is 18.4. The molecule has 0 aromatic heterocycles. The molecule has 3 amide bonds.